The first kappa shape index (κ1) is 14.1. The van der Waals surface area contributed by atoms with Crippen LogP contribution < -0.4 is 5.32 Å². The van der Waals surface area contributed by atoms with Gasteiger partial charge in [0, 0.05) is 17.6 Å². The third kappa shape index (κ3) is 2.79. The standard InChI is InChI=1S/C14H14N4OS2/c1-8-6-11(17-18(8)2)13(19)16-14-15-10-5-4-9(20-3)7-12(10)21-14/h4-7H,1-3H3,(H,15,16,19). The molecule has 0 atom stereocenters. The number of hydrogen-bond donors (Lipinski definition) is 1. The number of carbonyl (C=O) groups excluding carboxylic acids is 1. The predicted octanol–water partition coefficient (Wildman–Crippen LogP) is 3.31. The zero-order valence-corrected chi connectivity index (χ0v) is 13.5. The SMILES string of the molecule is CSc1ccc2nc(NC(=O)c3cc(C)n(C)n3)sc2c1. The van der Waals surface area contributed by atoms with Crippen LogP contribution in [-0.2, 0) is 7.05 Å². The second-order valence-electron chi connectivity index (χ2n) is 4.60. The third-order valence-corrected chi connectivity index (χ3v) is 4.82. The Balaban J connectivity index is 1.85. The molecule has 5 nitrogen and oxygen atoms in total. The van der Waals surface area contributed by atoms with Crippen LogP contribution in [0.5, 0.6) is 0 Å². The van der Waals surface area contributed by atoms with Crippen LogP contribution in [0, 0.1) is 6.92 Å². The minimum absolute atomic E-state index is 0.233. The third-order valence-electron chi connectivity index (χ3n) is 3.16. The fourth-order valence-electron chi connectivity index (χ4n) is 1.92. The highest BCUT2D eigenvalue weighted by atomic mass is 32.2. The summed E-state index contributed by atoms with van der Waals surface area (Å²) >= 11 is 3.16. The van der Waals surface area contributed by atoms with Crippen LogP contribution in [0.15, 0.2) is 29.2 Å². The summed E-state index contributed by atoms with van der Waals surface area (Å²) in [5, 5.41) is 7.57. The second kappa shape index (κ2) is 5.50. The highest BCUT2D eigenvalue weighted by molar-refractivity contribution is 7.98. The van der Waals surface area contributed by atoms with E-state index in [1.54, 1.807) is 22.5 Å². The number of fused-ring (bicyclic) bond motifs is 1. The van der Waals surface area contributed by atoms with Gasteiger partial charge in [-0.1, -0.05) is 11.3 Å². The first-order chi connectivity index (χ1) is 10.1. The molecule has 0 saturated carbocycles. The van der Waals surface area contributed by atoms with Gasteiger partial charge in [-0.25, -0.2) is 4.98 Å². The van der Waals surface area contributed by atoms with Gasteiger partial charge in [0.15, 0.2) is 10.8 Å². The normalized spacial score (nSPS) is 11.0. The molecule has 2 heterocycles. The Morgan fingerprint density at radius 1 is 1.38 bits per heavy atom. The van der Waals surface area contributed by atoms with Crippen molar-refractivity contribution >= 4 is 44.4 Å². The van der Waals surface area contributed by atoms with Gasteiger partial charge in [0.2, 0.25) is 0 Å². The Kier molecular flexibility index (Phi) is 3.69. The summed E-state index contributed by atoms with van der Waals surface area (Å²) in [6, 6.07) is 7.84. The summed E-state index contributed by atoms with van der Waals surface area (Å²) in [7, 11) is 1.81. The van der Waals surface area contributed by atoms with E-state index >= 15 is 0 Å². The maximum Gasteiger partial charge on any atom is 0.277 e. The van der Waals surface area contributed by atoms with Crippen molar-refractivity contribution in [2.24, 2.45) is 7.05 Å². The predicted molar refractivity (Wildman–Crippen MR) is 87.3 cm³/mol. The van der Waals surface area contributed by atoms with Crippen LogP contribution in [-0.4, -0.2) is 26.9 Å². The average molecular weight is 318 g/mol. The van der Waals surface area contributed by atoms with E-state index in [0.29, 0.717) is 10.8 Å². The largest absolute Gasteiger partial charge is 0.296 e. The molecule has 0 spiro atoms. The number of aryl methyl sites for hydroxylation is 2. The Morgan fingerprint density at radius 2 is 2.19 bits per heavy atom. The number of rotatable bonds is 3. The number of nitrogens with zero attached hydrogens (tertiary/aromatic N) is 3. The van der Waals surface area contributed by atoms with Crippen molar-refractivity contribution in [3.8, 4) is 0 Å². The smallest absolute Gasteiger partial charge is 0.277 e. The van der Waals surface area contributed by atoms with Crippen LogP contribution in [0.3, 0.4) is 0 Å². The lowest BCUT2D eigenvalue weighted by Gasteiger charge is -1.96. The van der Waals surface area contributed by atoms with Gasteiger partial charge < -0.3 is 0 Å². The summed E-state index contributed by atoms with van der Waals surface area (Å²) < 4.78 is 2.74. The molecule has 0 unspecified atom stereocenters. The number of anilines is 1. The second-order valence-corrected chi connectivity index (χ2v) is 6.51. The van der Waals surface area contributed by atoms with Crippen molar-refractivity contribution in [3.05, 3.63) is 35.7 Å². The van der Waals surface area contributed by atoms with E-state index in [2.05, 4.69) is 21.5 Å². The number of aromatic nitrogens is 3. The lowest BCUT2D eigenvalue weighted by atomic mass is 10.3. The van der Waals surface area contributed by atoms with E-state index in [-0.39, 0.29) is 5.91 Å². The minimum atomic E-state index is -0.233. The molecule has 108 valence electrons. The van der Waals surface area contributed by atoms with E-state index in [1.165, 1.54) is 16.2 Å². The van der Waals surface area contributed by atoms with Gasteiger partial charge in [0.25, 0.3) is 5.91 Å². The van der Waals surface area contributed by atoms with E-state index in [1.807, 2.05) is 32.4 Å². The number of thioether (sulfide) groups is 1. The molecule has 7 heteroatoms. The molecule has 0 aliphatic carbocycles. The molecule has 3 rings (SSSR count). The van der Waals surface area contributed by atoms with Crippen LogP contribution in [0.2, 0.25) is 0 Å². The molecule has 0 fully saturated rings. The van der Waals surface area contributed by atoms with Crippen LogP contribution in [0.4, 0.5) is 5.13 Å². The van der Waals surface area contributed by atoms with Gasteiger partial charge in [0.05, 0.1) is 10.2 Å². The first-order valence-corrected chi connectivity index (χ1v) is 8.37. The Hall–Kier alpha value is -1.86. The lowest BCUT2D eigenvalue weighted by Crippen LogP contribution is -2.12. The molecule has 0 radical (unpaired) electrons. The molecule has 2 aromatic heterocycles. The van der Waals surface area contributed by atoms with Gasteiger partial charge in [-0.2, -0.15) is 5.10 Å². The number of hydrogen-bond acceptors (Lipinski definition) is 5. The molecule has 0 bridgehead atoms. The number of carbonyl (C=O) groups is 1. The van der Waals surface area contributed by atoms with Crippen LogP contribution >= 0.6 is 23.1 Å². The Bertz CT molecular complexity index is 802. The maximum absolute atomic E-state index is 12.2. The van der Waals surface area contributed by atoms with Crippen molar-refractivity contribution < 1.29 is 4.79 Å². The van der Waals surface area contributed by atoms with Crippen molar-refractivity contribution in [1.82, 2.24) is 14.8 Å². The summed E-state index contributed by atoms with van der Waals surface area (Å²) in [6.45, 7) is 1.91. The van der Waals surface area contributed by atoms with Gasteiger partial charge in [-0.3, -0.25) is 14.8 Å². The van der Waals surface area contributed by atoms with Crippen molar-refractivity contribution in [3.63, 3.8) is 0 Å². The number of amides is 1. The number of thiazole rings is 1. The molecular formula is C14H14N4OS2. The monoisotopic (exact) mass is 318 g/mol. The van der Waals surface area contributed by atoms with Gasteiger partial charge >= 0.3 is 0 Å². The van der Waals surface area contributed by atoms with Crippen molar-refractivity contribution in [2.75, 3.05) is 11.6 Å². The zero-order chi connectivity index (χ0) is 15.0. The van der Waals surface area contributed by atoms with Crippen molar-refractivity contribution in [1.29, 1.82) is 0 Å². The summed E-state index contributed by atoms with van der Waals surface area (Å²) in [6.07, 6.45) is 2.04. The van der Waals surface area contributed by atoms with Gasteiger partial charge in [0.1, 0.15) is 0 Å². The van der Waals surface area contributed by atoms with Gasteiger partial charge in [-0.05, 0) is 37.4 Å². The van der Waals surface area contributed by atoms with E-state index < -0.39 is 0 Å². The Labute approximate surface area is 130 Å². The zero-order valence-electron chi connectivity index (χ0n) is 11.9. The first-order valence-electron chi connectivity index (χ1n) is 6.33. The summed E-state index contributed by atoms with van der Waals surface area (Å²) in [5.41, 5.74) is 2.23. The highest BCUT2D eigenvalue weighted by Crippen LogP contribution is 2.29. The molecule has 21 heavy (non-hydrogen) atoms. The number of nitrogens with one attached hydrogen (secondary N) is 1. The van der Waals surface area contributed by atoms with Crippen molar-refractivity contribution in [2.45, 2.75) is 11.8 Å². The maximum atomic E-state index is 12.2. The minimum Gasteiger partial charge on any atom is -0.296 e. The molecular weight excluding hydrogens is 304 g/mol. The van der Waals surface area contributed by atoms with Gasteiger partial charge in [-0.15, -0.1) is 11.8 Å². The van der Waals surface area contributed by atoms with E-state index in [9.17, 15) is 4.79 Å². The Morgan fingerprint density at radius 3 is 2.86 bits per heavy atom. The average Bonchev–Trinajstić information content (AvgIpc) is 3.01. The summed E-state index contributed by atoms with van der Waals surface area (Å²) in [4.78, 5) is 17.8. The number of benzene rings is 1. The molecule has 3 aromatic rings. The lowest BCUT2D eigenvalue weighted by molar-refractivity contribution is 0.102. The quantitative estimate of drug-likeness (QED) is 0.753. The highest BCUT2D eigenvalue weighted by Gasteiger charge is 2.13. The molecule has 1 amide bonds. The summed E-state index contributed by atoms with van der Waals surface area (Å²) in [5.74, 6) is -0.233. The topological polar surface area (TPSA) is 59.8 Å². The fraction of sp³-hybridized carbons (Fsp3) is 0.214. The molecule has 0 aliphatic heterocycles. The molecule has 1 N–H and O–H groups in total. The molecule has 0 saturated heterocycles. The van der Waals surface area contributed by atoms with E-state index in [0.717, 1.165) is 15.9 Å². The van der Waals surface area contributed by atoms with E-state index in [4.69, 9.17) is 0 Å². The van der Waals surface area contributed by atoms with Crippen LogP contribution in [0.25, 0.3) is 10.2 Å². The fourth-order valence-corrected chi connectivity index (χ4v) is 3.33. The van der Waals surface area contributed by atoms with Crippen LogP contribution in [0.1, 0.15) is 16.2 Å². The molecule has 0 aliphatic rings. The molecule has 1 aromatic carbocycles.